The molecule has 1 aliphatic rings. The molecule has 0 aromatic heterocycles. The molecule has 120 valence electrons. The van der Waals surface area contributed by atoms with Crippen LogP contribution in [-0.2, 0) is 16.0 Å². The lowest BCUT2D eigenvalue weighted by atomic mass is 9.64. The smallest absolute Gasteiger partial charge is 0.526 e. The molecule has 23 heavy (non-hydrogen) atoms. The first kappa shape index (κ1) is 17.0. The Bertz CT molecular complexity index is 640. The number of hydrogen-bond donors (Lipinski definition) is 1. The zero-order valence-electron chi connectivity index (χ0n) is 12.9. The summed E-state index contributed by atoms with van der Waals surface area (Å²) >= 11 is 0. The largest absolute Gasteiger partial charge is 0.535 e. The summed E-state index contributed by atoms with van der Waals surface area (Å²) in [6.45, 7) is 1.97. The van der Waals surface area contributed by atoms with Gasteiger partial charge in [0.05, 0.1) is 12.7 Å². The maximum Gasteiger partial charge on any atom is 0.526 e. The van der Waals surface area contributed by atoms with Crippen molar-refractivity contribution in [2.75, 3.05) is 6.61 Å². The van der Waals surface area contributed by atoms with E-state index >= 15 is 0 Å². The summed E-state index contributed by atoms with van der Waals surface area (Å²) in [6, 6.07) is 7.04. The molecule has 7 heteroatoms. The number of Topliss-reactive ketones (excluding diaryl/α,β-unsaturated/α-hetero) is 1. The van der Waals surface area contributed by atoms with Gasteiger partial charge in [0.15, 0.2) is 0 Å². The van der Waals surface area contributed by atoms with E-state index in [-0.39, 0.29) is 43.0 Å². The highest BCUT2D eigenvalue weighted by atomic mass is 16.5. The van der Waals surface area contributed by atoms with E-state index in [0.717, 1.165) is 5.56 Å². The number of ether oxygens (including phenoxy) is 1. The molecule has 2 rings (SSSR count). The lowest BCUT2D eigenvalue weighted by Gasteiger charge is -2.28. The first-order valence-corrected chi connectivity index (χ1v) is 7.59. The van der Waals surface area contributed by atoms with Gasteiger partial charge in [-0.2, -0.15) is 5.26 Å². The van der Waals surface area contributed by atoms with Crippen LogP contribution in [0.5, 0.6) is 5.75 Å². The quantitative estimate of drug-likeness (QED) is 0.636. The summed E-state index contributed by atoms with van der Waals surface area (Å²) in [5, 5.41) is 18.6. The fourth-order valence-corrected chi connectivity index (χ4v) is 2.62. The van der Waals surface area contributed by atoms with Gasteiger partial charge in [-0.15, -0.1) is 0 Å². The Labute approximate surface area is 135 Å². The lowest BCUT2D eigenvalue weighted by molar-refractivity contribution is -0.119. The van der Waals surface area contributed by atoms with Crippen LogP contribution in [0.25, 0.3) is 0 Å². The Morgan fingerprint density at radius 3 is 3.00 bits per heavy atom. The Morgan fingerprint density at radius 2 is 2.30 bits per heavy atom. The molecule has 0 aliphatic carbocycles. The number of nitriles is 1. The molecule has 1 aromatic carbocycles. The zero-order valence-corrected chi connectivity index (χ0v) is 12.9. The fraction of sp³-hybridized carbons (Fsp3) is 0.438. The third-order valence-electron chi connectivity index (χ3n) is 3.72. The van der Waals surface area contributed by atoms with E-state index < -0.39 is 13.1 Å². The van der Waals surface area contributed by atoms with Gasteiger partial charge >= 0.3 is 13.1 Å². The van der Waals surface area contributed by atoms with Crippen LogP contribution in [-0.4, -0.2) is 30.5 Å². The van der Waals surface area contributed by atoms with Crippen molar-refractivity contribution < 1.29 is 24.0 Å². The number of carbonyl (C=O) groups is 2. The van der Waals surface area contributed by atoms with E-state index in [2.05, 4.69) is 0 Å². The molecule has 0 fully saturated rings. The van der Waals surface area contributed by atoms with Crippen molar-refractivity contribution in [2.24, 2.45) is 0 Å². The molecule has 0 spiro atoms. The minimum atomic E-state index is -1.16. The van der Waals surface area contributed by atoms with Crippen molar-refractivity contribution in [2.45, 2.75) is 38.4 Å². The van der Waals surface area contributed by atoms with E-state index in [0.29, 0.717) is 12.2 Å². The van der Waals surface area contributed by atoms with Crippen LogP contribution < -0.4 is 4.65 Å². The molecule has 0 amide bonds. The average molecular weight is 315 g/mol. The molecule has 1 N–H and O–H groups in total. The maximum atomic E-state index is 11.9. The highest BCUT2D eigenvalue weighted by molar-refractivity contribution is 6.47. The molecule has 1 atom stereocenters. The number of rotatable bonds is 6. The predicted molar refractivity (Wildman–Crippen MR) is 82.9 cm³/mol. The van der Waals surface area contributed by atoms with Crippen molar-refractivity contribution >= 4 is 18.9 Å². The van der Waals surface area contributed by atoms with Gasteiger partial charge in [-0.3, -0.25) is 4.79 Å². The predicted octanol–water partition coefficient (Wildman–Crippen LogP) is 1.91. The van der Waals surface area contributed by atoms with Gasteiger partial charge in [-0.05, 0) is 25.0 Å². The van der Waals surface area contributed by atoms with E-state index in [1.807, 2.05) is 6.07 Å². The summed E-state index contributed by atoms with van der Waals surface area (Å²) < 4.78 is 10.5. The highest BCUT2D eigenvalue weighted by Gasteiger charge is 2.37. The van der Waals surface area contributed by atoms with Crippen molar-refractivity contribution in [3.05, 3.63) is 29.3 Å². The van der Waals surface area contributed by atoms with Gasteiger partial charge in [0.2, 0.25) is 0 Å². The van der Waals surface area contributed by atoms with Crippen LogP contribution >= 0.6 is 0 Å². The minimum absolute atomic E-state index is 0.0794. The van der Waals surface area contributed by atoms with Crippen LogP contribution in [0.1, 0.15) is 42.1 Å². The first-order valence-electron chi connectivity index (χ1n) is 7.59. The molecule has 6 nitrogen and oxygen atoms in total. The molecule has 0 saturated carbocycles. The minimum Gasteiger partial charge on any atom is -0.535 e. The Morgan fingerprint density at radius 1 is 1.52 bits per heavy atom. The van der Waals surface area contributed by atoms with Crippen LogP contribution in [0.4, 0.5) is 0 Å². The third-order valence-corrected chi connectivity index (χ3v) is 3.72. The summed E-state index contributed by atoms with van der Waals surface area (Å²) in [6.07, 6.45) is 0.926. The van der Waals surface area contributed by atoms with Crippen molar-refractivity contribution in [3.8, 4) is 11.8 Å². The van der Waals surface area contributed by atoms with E-state index in [9.17, 15) is 14.6 Å². The normalized spacial score (nSPS) is 16.0. The number of benzene rings is 1. The number of esters is 1. The SMILES string of the molecule is CCOC(=O)c1cccc2c1OB(O)[C@@H](CC(=O)CCC#N)C2. The van der Waals surface area contributed by atoms with Crippen LogP contribution in [0.3, 0.4) is 0 Å². The standard InChI is InChI=1S/C16H18BNO5/c1-2-22-16(20)14-7-3-5-11-9-12(17(21)23-15(11)14)10-13(19)6-4-8-18/h3,5,7,12,21H,2,4,6,9-10H2,1H3/t12-/m1/s1. The lowest BCUT2D eigenvalue weighted by Crippen LogP contribution is -2.35. The summed E-state index contributed by atoms with van der Waals surface area (Å²) in [5.74, 6) is -0.644. The number of fused-ring (bicyclic) bond motifs is 1. The molecular formula is C16H18BNO5. The molecule has 0 radical (unpaired) electrons. The number of hydrogen-bond acceptors (Lipinski definition) is 6. The second-order valence-electron chi connectivity index (χ2n) is 5.39. The zero-order chi connectivity index (χ0) is 16.8. The molecule has 0 bridgehead atoms. The van der Waals surface area contributed by atoms with Gasteiger partial charge in [-0.1, -0.05) is 12.1 Å². The van der Waals surface area contributed by atoms with Gasteiger partial charge in [0, 0.05) is 25.1 Å². The maximum absolute atomic E-state index is 11.9. The Kier molecular flexibility index (Phi) is 5.77. The second kappa shape index (κ2) is 7.79. The second-order valence-corrected chi connectivity index (χ2v) is 5.39. The van der Waals surface area contributed by atoms with Crippen LogP contribution in [0.2, 0.25) is 5.82 Å². The Balaban J connectivity index is 2.14. The third kappa shape index (κ3) is 4.11. The topological polar surface area (TPSA) is 96.6 Å². The Hall–Kier alpha value is -2.33. The molecule has 0 unspecified atom stereocenters. The van der Waals surface area contributed by atoms with Crippen molar-refractivity contribution in [3.63, 3.8) is 0 Å². The molecule has 1 heterocycles. The average Bonchev–Trinajstić information content (AvgIpc) is 2.53. The fourth-order valence-electron chi connectivity index (χ4n) is 2.62. The number of ketones is 1. The summed E-state index contributed by atoms with van der Waals surface area (Å²) in [4.78, 5) is 23.7. The van der Waals surface area contributed by atoms with Gasteiger partial charge in [0.1, 0.15) is 17.1 Å². The van der Waals surface area contributed by atoms with E-state index in [1.165, 1.54) is 0 Å². The molecular weight excluding hydrogens is 297 g/mol. The number of nitrogens with zero attached hydrogens (tertiary/aromatic N) is 1. The number of carbonyl (C=O) groups excluding carboxylic acids is 2. The highest BCUT2D eigenvalue weighted by Crippen LogP contribution is 2.36. The number of para-hydroxylation sites is 1. The van der Waals surface area contributed by atoms with Crippen LogP contribution in [0.15, 0.2) is 18.2 Å². The monoisotopic (exact) mass is 315 g/mol. The summed E-state index contributed by atoms with van der Waals surface area (Å²) in [5.41, 5.74) is 1.04. The molecule has 0 saturated heterocycles. The van der Waals surface area contributed by atoms with E-state index in [4.69, 9.17) is 14.7 Å². The summed E-state index contributed by atoms with van der Waals surface area (Å²) in [7, 11) is -1.16. The van der Waals surface area contributed by atoms with Crippen LogP contribution in [0, 0.1) is 11.3 Å². The van der Waals surface area contributed by atoms with Gasteiger partial charge in [-0.25, -0.2) is 4.79 Å². The first-order chi connectivity index (χ1) is 11.1. The van der Waals surface area contributed by atoms with Crippen molar-refractivity contribution in [1.82, 2.24) is 0 Å². The molecule has 1 aromatic rings. The van der Waals surface area contributed by atoms with E-state index in [1.54, 1.807) is 25.1 Å². The van der Waals surface area contributed by atoms with Gasteiger partial charge in [0.25, 0.3) is 0 Å². The molecule has 1 aliphatic heterocycles. The van der Waals surface area contributed by atoms with Crippen molar-refractivity contribution in [1.29, 1.82) is 5.26 Å². The van der Waals surface area contributed by atoms with Gasteiger partial charge < -0.3 is 14.4 Å².